The second-order valence-corrected chi connectivity index (χ2v) is 13.4. The molecule has 0 aromatic carbocycles. The summed E-state index contributed by atoms with van der Waals surface area (Å²) < 4.78 is 37.9. The van der Waals surface area contributed by atoms with E-state index in [1.165, 1.54) is 28.7 Å². The van der Waals surface area contributed by atoms with Crippen molar-refractivity contribution in [3.05, 3.63) is 0 Å². The van der Waals surface area contributed by atoms with E-state index in [0.717, 1.165) is 0 Å². The maximum Gasteiger partial charge on any atom is 0.474 e. The zero-order valence-corrected chi connectivity index (χ0v) is 22.3. The number of esters is 2. The lowest BCUT2D eigenvalue weighted by Crippen LogP contribution is -2.13. The summed E-state index contributed by atoms with van der Waals surface area (Å²) in [6.07, 6.45) is 0. The molecule has 0 radical (unpaired) electrons. The minimum absolute atomic E-state index is 0.120. The second-order valence-electron chi connectivity index (χ2n) is 6.23. The lowest BCUT2D eigenvalue weighted by atomic mass is 10.2. The Hall–Kier alpha value is 0.450. The summed E-state index contributed by atoms with van der Waals surface area (Å²) >= 11 is 0. The number of phosphoric ester groups is 1. The fraction of sp³-hybridized carbons (Fsp3) is 0.882. The highest BCUT2D eigenvalue weighted by Crippen LogP contribution is 2.48. The molecule has 0 fully saturated rings. The van der Waals surface area contributed by atoms with Gasteiger partial charge in [0.1, 0.15) is 13.2 Å². The summed E-state index contributed by atoms with van der Waals surface area (Å²) in [5, 5.41) is 0. The van der Waals surface area contributed by atoms with Crippen LogP contribution in [0.2, 0.25) is 0 Å². The van der Waals surface area contributed by atoms with Crippen LogP contribution >= 0.6 is 51.0 Å². The predicted octanol–water partition coefficient (Wildman–Crippen LogP) is 4.94. The predicted molar refractivity (Wildman–Crippen MR) is 128 cm³/mol. The van der Waals surface area contributed by atoms with Crippen molar-refractivity contribution in [2.45, 2.75) is 27.7 Å². The first-order chi connectivity index (χ1) is 14.2. The Morgan fingerprint density at radius 2 is 1.03 bits per heavy atom. The Kier molecular flexibility index (Phi) is 19.3. The third-order valence-corrected chi connectivity index (χ3v) is 9.10. The van der Waals surface area contributed by atoms with E-state index in [1.807, 2.05) is 0 Å². The SMILES string of the molecule is COP(=O)(OCCSSCCOC(=O)C(C)C)OCCSSCCOC(=O)C(C)C. The zero-order valence-electron chi connectivity index (χ0n) is 18.2. The molecule has 0 unspecified atom stereocenters. The lowest BCUT2D eigenvalue weighted by molar-refractivity contribution is -0.147. The van der Waals surface area contributed by atoms with Crippen molar-refractivity contribution in [1.29, 1.82) is 0 Å². The van der Waals surface area contributed by atoms with E-state index in [0.29, 0.717) is 36.2 Å². The number of rotatable bonds is 19. The molecular formula is C17H33O8PS4. The normalized spacial score (nSPS) is 11.8. The van der Waals surface area contributed by atoms with Crippen LogP contribution in [0.3, 0.4) is 0 Å². The second kappa shape index (κ2) is 19.0. The van der Waals surface area contributed by atoms with Gasteiger partial charge < -0.3 is 9.47 Å². The lowest BCUT2D eigenvalue weighted by Gasteiger charge is -2.15. The minimum Gasteiger partial charge on any atom is -0.465 e. The third-order valence-electron chi connectivity index (χ3n) is 2.99. The minimum atomic E-state index is -3.56. The molecule has 0 N–H and O–H groups in total. The van der Waals surface area contributed by atoms with Gasteiger partial charge in [0.15, 0.2) is 0 Å². The van der Waals surface area contributed by atoms with Crippen LogP contribution in [0.1, 0.15) is 27.7 Å². The smallest absolute Gasteiger partial charge is 0.465 e. The molecule has 0 aromatic rings. The van der Waals surface area contributed by atoms with Gasteiger partial charge in [-0.3, -0.25) is 23.2 Å². The fourth-order valence-corrected chi connectivity index (χ4v) is 5.90. The van der Waals surface area contributed by atoms with E-state index in [4.69, 9.17) is 23.0 Å². The number of carbonyl (C=O) groups excluding carboxylic acids is 2. The van der Waals surface area contributed by atoms with Crippen LogP contribution in [0.25, 0.3) is 0 Å². The number of hydrogen-bond acceptors (Lipinski definition) is 12. The van der Waals surface area contributed by atoms with E-state index < -0.39 is 7.82 Å². The van der Waals surface area contributed by atoms with Gasteiger partial charge in [-0.25, -0.2) is 4.57 Å². The topological polar surface area (TPSA) is 97.4 Å². The van der Waals surface area contributed by atoms with Crippen molar-refractivity contribution in [2.24, 2.45) is 11.8 Å². The molecule has 0 heterocycles. The third kappa shape index (κ3) is 17.1. The monoisotopic (exact) mass is 524 g/mol. The Morgan fingerprint density at radius 1 is 0.700 bits per heavy atom. The highest BCUT2D eigenvalue weighted by molar-refractivity contribution is 8.77. The highest BCUT2D eigenvalue weighted by Gasteiger charge is 2.24. The van der Waals surface area contributed by atoms with Crippen LogP contribution in [0.5, 0.6) is 0 Å². The molecular weight excluding hydrogens is 491 g/mol. The molecule has 0 amide bonds. The van der Waals surface area contributed by atoms with Crippen LogP contribution in [0.4, 0.5) is 0 Å². The maximum atomic E-state index is 12.3. The van der Waals surface area contributed by atoms with E-state index >= 15 is 0 Å². The van der Waals surface area contributed by atoms with Gasteiger partial charge >= 0.3 is 19.8 Å². The summed E-state index contributed by atoms with van der Waals surface area (Å²) in [6.45, 7) is 8.35. The largest absolute Gasteiger partial charge is 0.474 e. The van der Waals surface area contributed by atoms with E-state index in [2.05, 4.69) is 0 Å². The van der Waals surface area contributed by atoms with Crippen molar-refractivity contribution in [2.75, 3.05) is 56.5 Å². The van der Waals surface area contributed by atoms with Crippen LogP contribution in [0, 0.1) is 11.8 Å². The Bertz CT molecular complexity index is 482. The number of ether oxygens (including phenoxy) is 2. The van der Waals surface area contributed by atoms with Gasteiger partial charge in [0, 0.05) is 30.1 Å². The maximum absolute atomic E-state index is 12.3. The molecule has 13 heteroatoms. The molecule has 30 heavy (non-hydrogen) atoms. The summed E-state index contributed by atoms with van der Waals surface area (Å²) in [6, 6.07) is 0. The molecule has 0 aromatic heterocycles. The molecule has 0 bridgehead atoms. The molecule has 8 nitrogen and oxygen atoms in total. The van der Waals surface area contributed by atoms with Crippen molar-refractivity contribution in [1.82, 2.24) is 0 Å². The standard InChI is InChI=1S/C17H33O8PS4/c1-14(2)16(18)22-6-10-27-29-12-8-24-26(20,21-5)25-9-13-30-28-11-7-23-17(19)15(3)4/h14-15H,6-13H2,1-5H3. The van der Waals surface area contributed by atoms with Crippen molar-refractivity contribution >= 4 is 62.9 Å². The van der Waals surface area contributed by atoms with Crippen molar-refractivity contribution in [3.63, 3.8) is 0 Å². The van der Waals surface area contributed by atoms with Gasteiger partial charge in [-0.2, -0.15) is 0 Å². The molecule has 178 valence electrons. The summed E-state index contributed by atoms with van der Waals surface area (Å²) in [5.41, 5.74) is 0. The molecule has 0 aliphatic heterocycles. The van der Waals surface area contributed by atoms with Crippen LogP contribution < -0.4 is 0 Å². The Labute approximate surface area is 195 Å². The fourth-order valence-electron chi connectivity index (χ4n) is 1.43. The summed E-state index contributed by atoms with van der Waals surface area (Å²) in [5.74, 6) is 1.90. The van der Waals surface area contributed by atoms with Crippen LogP contribution in [0.15, 0.2) is 0 Å². The first kappa shape index (κ1) is 30.4. The number of phosphoric acid groups is 1. The highest BCUT2D eigenvalue weighted by atomic mass is 33.1. The van der Waals surface area contributed by atoms with E-state index in [9.17, 15) is 14.2 Å². The van der Waals surface area contributed by atoms with Gasteiger partial charge in [0.2, 0.25) is 0 Å². The first-order valence-corrected chi connectivity index (χ1v) is 15.9. The quantitative estimate of drug-likeness (QED) is 0.0991. The van der Waals surface area contributed by atoms with E-state index in [-0.39, 0.29) is 37.0 Å². The summed E-state index contributed by atoms with van der Waals surface area (Å²) in [4.78, 5) is 22.6. The number of carbonyl (C=O) groups is 2. The average Bonchev–Trinajstić information content (AvgIpc) is 2.71. The number of hydrogen-bond donors (Lipinski definition) is 0. The molecule has 0 spiro atoms. The Morgan fingerprint density at radius 3 is 1.33 bits per heavy atom. The van der Waals surface area contributed by atoms with Gasteiger partial charge in [-0.05, 0) is 0 Å². The van der Waals surface area contributed by atoms with Gasteiger partial charge in [-0.15, -0.1) is 0 Å². The molecule has 0 saturated carbocycles. The van der Waals surface area contributed by atoms with E-state index in [1.54, 1.807) is 49.3 Å². The average molecular weight is 525 g/mol. The van der Waals surface area contributed by atoms with Gasteiger partial charge in [0.05, 0.1) is 25.0 Å². The first-order valence-electron chi connectivity index (χ1n) is 9.48. The van der Waals surface area contributed by atoms with Gasteiger partial charge in [0.25, 0.3) is 0 Å². The summed E-state index contributed by atoms with van der Waals surface area (Å²) in [7, 11) is 3.90. The molecule has 0 aliphatic rings. The van der Waals surface area contributed by atoms with Crippen molar-refractivity contribution in [3.8, 4) is 0 Å². The molecule has 0 saturated heterocycles. The zero-order chi connectivity index (χ0) is 22.8. The molecule has 0 atom stereocenters. The molecule has 0 aliphatic carbocycles. The van der Waals surface area contributed by atoms with Crippen LogP contribution in [-0.2, 0) is 37.2 Å². The van der Waals surface area contributed by atoms with Gasteiger partial charge in [-0.1, -0.05) is 70.9 Å². The molecule has 0 rings (SSSR count). The van der Waals surface area contributed by atoms with Crippen molar-refractivity contribution < 1.29 is 37.2 Å². The Balaban J connectivity index is 3.65. The van der Waals surface area contributed by atoms with Crippen LogP contribution in [-0.4, -0.2) is 68.5 Å².